The van der Waals surface area contributed by atoms with Gasteiger partial charge in [0.2, 0.25) is 5.88 Å². The zero-order valence-corrected chi connectivity index (χ0v) is 15.9. The number of ether oxygens (including phenoxy) is 1. The molecule has 0 saturated carbocycles. The van der Waals surface area contributed by atoms with Crippen LogP contribution >= 0.6 is 11.8 Å². The Balaban J connectivity index is 1.93. The first-order valence-corrected chi connectivity index (χ1v) is 9.89. The van der Waals surface area contributed by atoms with E-state index in [0.717, 1.165) is 31.7 Å². The molecule has 4 nitrogen and oxygen atoms in total. The fraction of sp³-hybridized carbons (Fsp3) is 0.400. The Labute approximate surface area is 155 Å². The number of hydrogen-bond acceptors (Lipinski definition) is 5. The zero-order valence-electron chi connectivity index (χ0n) is 15.1. The molecule has 134 valence electrons. The van der Waals surface area contributed by atoms with Gasteiger partial charge in [-0.3, -0.25) is 9.88 Å². The average molecular weight is 358 g/mol. The maximum atomic E-state index is 6.14. The average Bonchev–Trinajstić information content (AvgIpc) is 2.62. The molecule has 0 unspecified atom stereocenters. The summed E-state index contributed by atoms with van der Waals surface area (Å²) in [7, 11) is 2.10. The van der Waals surface area contributed by atoms with E-state index in [1.807, 2.05) is 30.6 Å². The van der Waals surface area contributed by atoms with Gasteiger partial charge in [-0.25, -0.2) is 4.98 Å². The van der Waals surface area contributed by atoms with Crippen LogP contribution in [-0.2, 0) is 12.3 Å². The molecule has 0 N–H and O–H groups in total. The van der Waals surface area contributed by atoms with Crippen LogP contribution in [0.4, 0.5) is 0 Å². The second-order valence-corrected chi connectivity index (χ2v) is 6.97. The van der Waals surface area contributed by atoms with E-state index < -0.39 is 0 Å². The molecule has 0 fully saturated rings. The third-order valence-corrected chi connectivity index (χ3v) is 4.40. The van der Waals surface area contributed by atoms with Gasteiger partial charge < -0.3 is 4.74 Å². The summed E-state index contributed by atoms with van der Waals surface area (Å²) in [5, 5.41) is 0. The molecule has 0 aliphatic rings. The number of hydrogen-bond donors (Lipinski definition) is 0. The van der Waals surface area contributed by atoms with E-state index in [1.54, 1.807) is 18.0 Å². The predicted octanol–water partition coefficient (Wildman–Crippen LogP) is 4.19. The van der Waals surface area contributed by atoms with E-state index in [1.165, 1.54) is 11.1 Å². The minimum absolute atomic E-state index is 0.0820. The normalized spacial score (nSPS) is 12.1. The first kappa shape index (κ1) is 19.5. The summed E-state index contributed by atoms with van der Waals surface area (Å²) in [5.41, 5.74) is 2.42. The molecule has 2 aromatic heterocycles. The quantitative estimate of drug-likeness (QED) is 0.564. The van der Waals surface area contributed by atoms with Crippen molar-refractivity contribution in [3.8, 4) is 5.88 Å². The fourth-order valence-electron chi connectivity index (χ4n) is 2.61. The highest BCUT2D eigenvalue weighted by atomic mass is 32.2. The van der Waals surface area contributed by atoms with Crippen LogP contribution in [0.2, 0.25) is 0 Å². The summed E-state index contributed by atoms with van der Waals surface area (Å²) in [6.45, 7) is 5.50. The molecule has 0 spiro atoms. The lowest BCUT2D eigenvalue weighted by atomic mass is 10.1. The van der Waals surface area contributed by atoms with Gasteiger partial charge in [0.15, 0.2) is 0 Å². The molecule has 1 atom stereocenters. The Morgan fingerprint density at radius 1 is 1.28 bits per heavy atom. The molecule has 0 aliphatic heterocycles. The minimum atomic E-state index is 0.0820. The molecule has 0 bridgehead atoms. The summed E-state index contributed by atoms with van der Waals surface area (Å²) in [5.74, 6) is 1.66. The molecular weight excluding hydrogens is 330 g/mol. The topological polar surface area (TPSA) is 38.2 Å². The summed E-state index contributed by atoms with van der Waals surface area (Å²) in [4.78, 5) is 10.9. The molecular formula is C20H27N3OS. The lowest BCUT2D eigenvalue weighted by molar-refractivity contribution is 0.132. The number of likely N-dealkylation sites (N-methyl/N-ethyl adjacent to an activating group) is 1. The summed E-state index contributed by atoms with van der Waals surface area (Å²) in [6.07, 6.45) is 11.6. The van der Waals surface area contributed by atoms with Crippen molar-refractivity contribution in [2.24, 2.45) is 0 Å². The maximum absolute atomic E-state index is 6.14. The first-order chi connectivity index (χ1) is 12.2. The molecule has 0 radical (unpaired) electrons. The summed E-state index contributed by atoms with van der Waals surface area (Å²) >= 11 is 1.79. The number of aromatic nitrogens is 2. The van der Waals surface area contributed by atoms with Crippen LogP contribution in [0, 0.1) is 0 Å². The second-order valence-electron chi connectivity index (χ2n) is 6.10. The Morgan fingerprint density at radius 2 is 2.16 bits per heavy atom. The molecule has 5 heteroatoms. The standard InChI is InChI=1S/C20H27N3OS/c1-4-5-8-19(15-23(2)14-17-7-6-11-21-12-17)24-20-10-9-18(13-22-20)16-25-3/h4,6-7,9-13,19H,1,5,8,14-16H2,2-3H3/t19-/m1/s1. The highest BCUT2D eigenvalue weighted by molar-refractivity contribution is 7.97. The number of allylic oxidation sites excluding steroid dienone is 1. The van der Waals surface area contributed by atoms with Gasteiger partial charge in [-0.15, -0.1) is 6.58 Å². The minimum Gasteiger partial charge on any atom is -0.473 e. The third kappa shape index (κ3) is 7.28. The number of pyridine rings is 2. The highest BCUT2D eigenvalue weighted by Crippen LogP contribution is 2.16. The molecule has 0 amide bonds. The van der Waals surface area contributed by atoms with Crippen LogP contribution in [0.5, 0.6) is 5.88 Å². The van der Waals surface area contributed by atoms with Gasteiger partial charge in [0.25, 0.3) is 0 Å². The lowest BCUT2D eigenvalue weighted by Crippen LogP contribution is -2.33. The van der Waals surface area contributed by atoms with Crippen molar-refractivity contribution in [1.29, 1.82) is 0 Å². The number of nitrogens with zero attached hydrogens (tertiary/aromatic N) is 3. The van der Waals surface area contributed by atoms with Crippen molar-refractivity contribution in [2.45, 2.75) is 31.2 Å². The van der Waals surface area contributed by atoms with Crippen molar-refractivity contribution < 1.29 is 4.74 Å². The zero-order chi connectivity index (χ0) is 17.9. The van der Waals surface area contributed by atoms with E-state index in [2.05, 4.69) is 46.9 Å². The summed E-state index contributed by atoms with van der Waals surface area (Å²) in [6, 6.07) is 8.11. The Kier molecular flexibility index (Phi) is 8.49. The van der Waals surface area contributed by atoms with Gasteiger partial charge in [-0.2, -0.15) is 11.8 Å². The Bertz CT molecular complexity index is 619. The predicted molar refractivity (Wildman–Crippen MR) is 106 cm³/mol. The van der Waals surface area contributed by atoms with Gasteiger partial charge in [0, 0.05) is 43.5 Å². The van der Waals surface area contributed by atoms with E-state index in [4.69, 9.17) is 4.74 Å². The van der Waals surface area contributed by atoms with Gasteiger partial charge in [-0.1, -0.05) is 18.2 Å². The SMILES string of the molecule is C=CCC[C@H](CN(C)Cc1cccnc1)Oc1ccc(CSC)cn1. The van der Waals surface area contributed by atoms with Crippen LogP contribution < -0.4 is 4.74 Å². The second kappa shape index (κ2) is 10.9. The van der Waals surface area contributed by atoms with E-state index in [9.17, 15) is 0 Å². The first-order valence-electron chi connectivity index (χ1n) is 8.50. The largest absolute Gasteiger partial charge is 0.473 e. The van der Waals surface area contributed by atoms with Crippen molar-refractivity contribution in [3.05, 3.63) is 66.6 Å². The van der Waals surface area contributed by atoms with Crippen molar-refractivity contribution >= 4 is 11.8 Å². The Morgan fingerprint density at radius 3 is 2.80 bits per heavy atom. The molecule has 2 rings (SSSR count). The van der Waals surface area contributed by atoms with Gasteiger partial charge in [0.05, 0.1) is 0 Å². The van der Waals surface area contributed by atoms with Crippen LogP contribution in [0.25, 0.3) is 0 Å². The van der Waals surface area contributed by atoms with E-state index >= 15 is 0 Å². The van der Waals surface area contributed by atoms with Gasteiger partial charge in [0.1, 0.15) is 6.10 Å². The molecule has 0 aromatic carbocycles. The highest BCUT2D eigenvalue weighted by Gasteiger charge is 2.14. The van der Waals surface area contributed by atoms with Crippen molar-refractivity contribution in [1.82, 2.24) is 14.9 Å². The van der Waals surface area contributed by atoms with E-state index in [-0.39, 0.29) is 6.10 Å². The third-order valence-electron chi connectivity index (χ3n) is 3.78. The molecule has 25 heavy (non-hydrogen) atoms. The summed E-state index contributed by atoms with van der Waals surface area (Å²) < 4.78 is 6.14. The van der Waals surface area contributed by atoms with Gasteiger partial charge in [-0.05, 0) is 43.3 Å². The maximum Gasteiger partial charge on any atom is 0.213 e. The fourth-order valence-corrected chi connectivity index (χ4v) is 3.11. The lowest BCUT2D eigenvalue weighted by Gasteiger charge is -2.24. The van der Waals surface area contributed by atoms with Crippen molar-refractivity contribution in [3.63, 3.8) is 0 Å². The van der Waals surface area contributed by atoms with Gasteiger partial charge >= 0.3 is 0 Å². The number of rotatable bonds is 11. The van der Waals surface area contributed by atoms with Crippen LogP contribution in [0.3, 0.4) is 0 Å². The molecule has 2 heterocycles. The smallest absolute Gasteiger partial charge is 0.213 e. The molecule has 0 aliphatic carbocycles. The molecule has 0 saturated heterocycles. The van der Waals surface area contributed by atoms with Crippen LogP contribution in [-0.4, -0.2) is 40.8 Å². The number of thioether (sulfide) groups is 1. The van der Waals surface area contributed by atoms with Crippen LogP contribution in [0.15, 0.2) is 55.5 Å². The monoisotopic (exact) mass is 357 g/mol. The Hall–Kier alpha value is -1.85. The van der Waals surface area contributed by atoms with E-state index in [0.29, 0.717) is 5.88 Å². The van der Waals surface area contributed by atoms with Crippen molar-refractivity contribution in [2.75, 3.05) is 19.8 Å². The molecule has 2 aromatic rings. The van der Waals surface area contributed by atoms with Crippen LogP contribution in [0.1, 0.15) is 24.0 Å².